The third-order valence-electron chi connectivity index (χ3n) is 3.99. The zero-order chi connectivity index (χ0) is 19.1. The van der Waals surface area contributed by atoms with E-state index in [0.717, 1.165) is 17.3 Å². The van der Waals surface area contributed by atoms with Crippen molar-refractivity contribution in [3.05, 3.63) is 52.9 Å². The van der Waals surface area contributed by atoms with Gasteiger partial charge in [-0.1, -0.05) is 32.0 Å². The van der Waals surface area contributed by atoms with E-state index in [1.54, 1.807) is 6.07 Å². The van der Waals surface area contributed by atoms with Crippen LogP contribution in [0.1, 0.15) is 56.5 Å². The highest BCUT2D eigenvalue weighted by Gasteiger charge is 2.11. The van der Waals surface area contributed by atoms with Crippen LogP contribution in [-0.4, -0.2) is 24.2 Å². The minimum atomic E-state index is -0.836. The van der Waals surface area contributed by atoms with Gasteiger partial charge in [0.25, 0.3) is 0 Å². The molecule has 5 nitrogen and oxygen atoms in total. The monoisotopic (exact) mass is 364 g/mol. The Bertz CT molecular complexity index is 743. The lowest BCUT2D eigenvalue weighted by Gasteiger charge is -2.16. The molecule has 0 aliphatic heterocycles. The normalized spacial score (nSPS) is 13.1. The predicted octanol–water partition coefficient (Wildman–Crippen LogP) is 3.94. The van der Waals surface area contributed by atoms with E-state index in [1.807, 2.05) is 19.9 Å². The van der Waals surface area contributed by atoms with Gasteiger partial charge in [-0.3, -0.25) is 0 Å². The van der Waals surface area contributed by atoms with E-state index >= 15 is 0 Å². The van der Waals surface area contributed by atoms with Crippen molar-refractivity contribution < 1.29 is 13.3 Å². The summed E-state index contributed by atoms with van der Waals surface area (Å²) in [6, 6.07) is 5.88. The van der Waals surface area contributed by atoms with Crippen LogP contribution >= 0.6 is 0 Å². The van der Waals surface area contributed by atoms with E-state index in [2.05, 4.69) is 34.6 Å². The molecular formula is C19H26F2N4O. The first-order valence-electron chi connectivity index (χ1n) is 8.83. The van der Waals surface area contributed by atoms with Gasteiger partial charge in [0.2, 0.25) is 0 Å². The Morgan fingerprint density at radius 3 is 2.54 bits per heavy atom. The van der Waals surface area contributed by atoms with E-state index in [4.69, 9.17) is 4.52 Å². The first-order chi connectivity index (χ1) is 12.4. The summed E-state index contributed by atoms with van der Waals surface area (Å²) >= 11 is 0. The molecule has 2 aromatic rings. The van der Waals surface area contributed by atoms with Gasteiger partial charge < -0.3 is 15.2 Å². The fourth-order valence-corrected chi connectivity index (χ4v) is 2.36. The summed E-state index contributed by atoms with van der Waals surface area (Å²) in [4.78, 5) is 4.48. The van der Waals surface area contributed by atoms with Crippen LogP contribution in [0.2, 0.25) is 0 Å². The lowest BCUT2D eigenvalue weighted by atomic mass is 10.0. The molecule has 26 heavy (non-hydrogen) atoms. The molecule has 142 valence electrons. The van der Waals surface area contributed by atoms with Crippen LogP contribution in [-0.2, 0) is 6.54 Å². The van der Waals surface area contributed by atoms with Crippen molar-refractivity contribution in [1.82, 2.24) is 15.8 Å². The molecule has 1 aromatic carbocycles. The van der Waals surface area contributed by atoms with Crippen molar-refractivity contribution >= 4 is 5.96 Å². The van der Waals surface area contributed by atoms with Crippen molar-refractivity contribution in [3.63, 3.8) is 0 Å². The quantitative estimate of drug-likeness (QED) is 0.577. The summed E-state index contributed by atoms with van der Waals surface area (Å²) in [5.41, 5.74) is 1.63. The van der Waals surface area contributed by atoms with Crippen LogP contribution in [0.5, 0.6) is 0 Å². The molecule has 0 aliphatic carbocycles. The van der Waals surface area contributed by atoms with Gasteiger partial charge in [-0.15, -0.1) is 0 Å². The van der Waals surface area contributed by atoms with Crippen molar-refractivity contribution in [2.24, 2.45) is 4.99 Å². The van der Waals surface area contributed by atoms with Crippen LogP contribution in [0, 0.1) is 11.6 Å². The molecule has 1 atom stereocenters. The summed E-state index contributed by atoms with van der Waals surface area (Å²) in [6.07, 6.45) is 0. The van der Waals surface area contributed by atoms with Gasteiger partial charge in [0.15, 0.2) is 23.4 Å². The summed E-state index contributed by atoms with van der Waals surface area (Å²) in [5.74, 6) is -0.0478. The topological polar surface area (TPSA) is 62.5 Å². The summed E-state index contributed by atoms with van der Waals surface area (Å²) in [6.45, 7) is 9.63. The van der Waals surface area contributed by atoms with Crippen molar-refractivity contribution in [2.75, 3.05) is 13.1 Å². The molecule has 0 radical (unpaired) electrons. The summed E-state index contributed by atoms with van der Waals surface area (Å²) < 4.78 is 31.7. The molecule has 0 bridgehead atoms. The fourth-order valence-electron chi connectivity index (χ4n) is 2.36. The number of aromatic nitrogens is 1. The number of nitrogens with one attached hydrogen (secondary N) is 2. The predicted molar refractivity (Wildman–Crippen MR) is 98.2 cm³/mol. The molecule has 2 rings (SSSR count). The zero-order valence-corrected chi connectivity index (χ0v) is 15.6. The van der Waals surface area contributed by atoms with E-state index in [0.29, 0.717) is 37.3 Å². The third-order valence-corrected chi connectivity index (χ3v) is 3.99. The maximum atomic E-state index is 13.4. The van der Waals surface area contributed by atoms with Gasteiger partial charge in [-0.2, -0.15) is 0 Å². The zero-order valence-electron chi connectivity index (χ0n) is 15.6. The maximum absolute atomic E-state index is 13.4. The molecule has 0 fully saturated rings. The Morgan fingerprint density at radius 2 is 1.92 bits per heavy atom. The number of hydrogen-bond donors (Lipinski definition) is 2. The Kier molecular flexibility index (Phi) is 7.12. The van der Waals surface area contributed by atoms with Crippen molar-refractivity contribution in [1.29, 1.82) is 0 Å². The lowest BCUT2D eigenvalue weighted by molar-refractivity contribution is 0.376. The molecule has 2 N–H and O–H groups in total. The first-order valence-corrected chi connectivity index (χ1v) is 8.83. The molecule has 7 heteroatoms. The van der Waals surface area contributed by atoms with Gasteiger partial charge >= 0.3 is 0 Å². The standard InChI is InChI=1S/C19H26F2N4O/c1-5-22-19(24-11-15-9-18(12(2)3)25-26-15)23-10-13(4)14-6-7-16(20)17(21)8-14/h6-9,12-13H,5,10-11H2,1-4H3,(H2,22,23,24). The molecular weight excluding hydrogens is 338 g/mol. The third kappa shape index (κ3) is 5.54. The van der Waals surface area contributed by atoms with Crippen molar-refractivity contribution in [2.45, 2.75) is 46.1 Å². The highest BCUT2D eigenvalue weighted by atomic mass is 19.2. The van der Waals surface area contributed by atoms with E-state index < -0.39 is 11.6 Å². The molecule has 0 spiro atoms. The molecule has 0 saturated heterocycles. The van der Waals surface area contributed by atoms with Crippen LogP contribution in [0.15, 0.2) is 33.8 Å². The SMILES string of the molecule is CCNC(=NCc1cc(C(C)C)no1)NCC(C)c1ccc(F)c(F)c1. The van der Waals surface area contributed by atoms with Gasteiger partial charge in [0.05, 0.1) is 5.69 Å². The average molecular weight is 364 g/mol. The maximum Gasteiger partial charge on any atom is 0.191 e. The highest BCUT2D eigenvalue weighted by molar-refractivity contribution is 5.79. The van der Waals surface area contributed by atoms with Gasteiger partial charge in [-0.25, -0.2) is 13.8 Å². The van der Waals surface area contributed by atoms with Gasteiger partial charge in [0.1, 0.15) is 6.54 Å². The smallest absolute Gasteiger partial charge is 0.191 e. The van der Waals surface area contributed by atoms with E-state index in [1.165, 1.54) is 6.07 Å². The second-order valence-corrected chi connectivity index (χ2v) is 6.52. The second kappa shape index (κ2) is 9.31. The second-order valence-electron chi connectivity index (χ2n) is 6.52. The largest absolute Gasteiger partial charge is 0.359 e. The Labute approximate surface area is 152 Å². The number of hydrogen-bond acceptors (Lipinski definition) is 3. The Balaban J connectivity index is 1.96. The van der Waals surface area contributed by atoms with Gasteiger partial charge in [-0.05, 0) is 36.5 Å². The van der Waals surface area contributed by atoms with Gasteiger partial charge in [0, 0.05) is 19.2 Å². The lowest BCUT2D eigenvalue weighted by Crippen LogP contribution is -2.39. The summed E-state index contributed by atoms with van der Waals surface area (Å²) in [5, 5.41) is 10.4. The molecule has 1 aromatic heterocycles. The number of nitrogens with zero attached hydrogens (tertiary/aromatic N) is 2. The number of halogens is 2. The number of benzene rings is 1. The van der Waals surface area contributed by atoms with Crippen LogP contribution < -0.4 is 10.6 Å². The molecule has 1 heterocycles. The van der Waals surface area contributed by atoms with Crippen LogP contribution in [0.3, 0.4) is 0 Å². The highest BCUT2D eigenvalue weighted by Crippen LogP contribution is 2.17. The Hall–Kier alpha value is -2.44. The molecule has 0 amide bonds. The summed E-state index contributed by atoms with van der Waals surface area (Å²) in [7, 11) is 0. The first kappa shape index (κ1) is 19.9. The fraction of sp³-hybridized carbons (Fsp3) is 0.474. The molecule has 0 aliphatic rings. The molecule has 0 saturated carbocycles. The minimum Gasteiger partial charge on any atom is -0.359 e. The van der Waals surface area contributed by atoms with Crippen molar-refractivity contribution in [3.8, 4) is 0 Å². The minimum absolute atomic E-state index is 0.00761. The van der Waals surface area contributed by atoms with Crippen LogP contribution in [0.4, 0.5) is 8.78 Å². The van der Waals surface area contributed by atoms with Crippen LogP contribution in [0.25, 0.3) is 0 Å². The van der Waals surface area contributed by atoms with E-state index in [-0.39, 0.29) is 5.92 Å². The molecule has 1 unspecified atom stereocenters. The number of aliphatic imine (C=N–C) groups is 1. The van der Waals surface area contributed by atoms with E-state index in [9.17, 15) is 8.78 Å². The number of rotatable bonds is 7. The average Bonchev–Trinajstić information content (AvgIpc) is 3.09. The number of guanidine groups is 1. The Morgan fingerprint density at radius 1 is 1.15 bits per heavy atom.